The molecule has 7 heteroatoms. The average molecular weight is 261 g/mol. The lowest BCUT2D eigenvalue weighted by Gasteiger charge is -2.04. The van der Waals surface area contributed by atoms with Gasteiger partial charge >= 0.3 is 5.97 Å². The van der Waals surface area contributed by atoms with Gasteiger partial charge in [0.15, 0.2) is 17.2 Å². The number of aromatic carboxylic acids is 1. The Morgan fingerprint density at radius 2 is 2.21 bits per heavy atom. The lowest BCUT2D eigenvalue weighted by molar-refractivity contribution is 0.0689. The Bertz CT molecular complexity index is 650. The largest absolute Gasteiger partial charge is 0.476 e. The topological polar surface area (TPSA) is 86.5 Å². The molecule has 2 heterocycles. The predicted molar refractivity (Wildman–Crippen MR) is 63.4 cm³/mol. The van der Waals surface area contributed by atoms with Gasteiger partial charge in [0.2, 0.25) is 6.79 Å². The molecule has 3 rings (SSSR count). The Morgan fingerprint density at radius 1 is 1.42 bits per heavy atom. The molecule has 0 amide bonds. The SMILES string of the molecule is Cc1c(C(=O)O)nnn1Cc1ccc2c(c1)OCO2. The number of aromatic nitrogens is 3. The van der Waals surface area contributed by atoms with Crippen LogP contribution in [0.5, 0.6) is 11.5 Å². The quantitative estimate of drug-likeness (QED) is 0.889. The molecule has 1 aromatic carbocycles. The minimum atomic E-state index is -1.07. The van der Waals surface area contributed by atoms with Gasteiger partial charge in [-0.3, -0.25) is 0 Å². The maximum absolute atomic E-state index is 10.9. The van der Waals surface area contributed by atoms with E-state index in [4.69, 9.17) is 14.6 Å². The van der Waals surface area contributed by atoms with Crippen LogP contribution in [-0.4, -0.2) is 32.9 Å². The van der Waals surface area contributed by atoms with Crippen LogP contribution in [0.4, 0.5) is 0 Å². The summed E-state index contributed by atoms with van der Waals surface area (Å²) < 4.78 is 12.1. The molecule has 0 aliphatic carbocycles. The van der Waals surface area contributed by atoms with E-state index in [1.165, 1.54) is 0 Å². The van der Waals surface area contributed by atoms with Gasteiger partial charge in [0.1, 0.15) is 0 Å². The van der Waals surface area contributed by atoms with Crippen molar-refractivity contribution in [2.24, 2.45) is 0 Å². The molecule has 0 atom stereocenters. The van der Waals surface area contributed by atoms with Gasteiger partial charge in [-0.2, -0.15) is 0 Å². The van der Waals surface area contributed by atoms with E-state index >= 15 is 0 Å². The maximum Gasteiger partial charge on any atom is 0.358 e. The molecular weight excluding hydrogens is 250 g/mol. The third-order valence-corrected chi connectivity index (χ3v) is 2.95. The van der Waals surface area contributed by atoms with Crippen molar-refractivity contribution >= 4 is 5.97 Å². The van der Waals surface area contributed by atoms with E-state index in [2.05, 4.69) is 10.3 Å². The van der Waals surface area contributed by atoms with Gasteiger partial charge in [-0.25, -0.2) is 9.48 Å². The summed E-state index contributed by atoms with van der Waals surface area (Å²) in [7, 11) is 0. The molecular formula is C12H11N3O4. The molecule has 0 bridgehead atoms. The van der Waals surface area contributed by atoms with Crippen molar-refractivity contribution in [1.29, 1.82) is 0 Å². The first kappa shape index (κ1) is 11.5. The van der Waals surface area contributed by atoms with Crippen LogP contribution in [0.15, 0.2) is 18.2 Å². The van der Waals surface area contributed by atoms with Crippen molar-refractivity contribution in [3.63, 3.8) is 0 Å². The van der Waals surface area contributed by atoms with Crippen LogP contribution < -0.4 is 9.47 Å². The van der Waals surface area contributed by atoms with Crippen LogP contribution >= 0.6 is 0 Å². The second kappa shape index (κ2) is 4.27. The predicted octanol–water partition coefficient (Wildman–Crippen LogP) is 1.06. The Kier molecular flexibility index (Phi) is 2.59. The number of hydrogen-bond acceptors (Lipinski definition) is 5. The fourth-order valence-corrected chi connectivity index (χ4v) is 1.92. The lowest BCUT2D eigenvalue weighted by atomic mass is 10.2. The second-order valence-electron chi connectivity index (χ2n) is 4.17. The Balaban J connectivity index is 1.87. The van der Waals surface area contributed by atoms with Gasteiger partial charge in [-0.1, -0.05) is 11.3 Å². The summed E-state index contributed by atoms with van der Waals surface area (Å²) in [5.41, 5.74) is 1.43. The fourth-order valence-electron chi connectivity index (χ4n) is 1.92. The first-order valence-electron chi connectivity index (χ1n) is 5.67. The highest BCUT2D eigenvalue weighted by Crippen LogP contribution is 2.32. The summed E-state index contributed by atoms with van der Waals surface area (Å²) >= 11 is 0. The Hall–Kier alpha value is -2.57. The smallest absolute Gasteiger partial charge is 0.358 e. The molecule has 2 aromatic rings. The van der Waals surface area contributed by atoms with Gasteiger partial charge in [-0.15, -0.1) is 5.10 Å². The third-order valence-electron chi connectivity index (χ3n) is 2.95. The van der Waals surface area contributed by atoms with Crippen LogP contribution in [0.2, 0.25) is 0 Å². The summed E-state index contributed by atoms with van der Waals surface area (Å²) in [5, 5.41) is 16.4. The van der Waals surface area contributed by atoms with Crippen molar-refractivity contribution in [3.05, 3.63) is 35.2 Å². The highest BCUT2D eigenvalue weighted by Gasteiger charge is 2.17. The number of carboxylic acids is 1. The number of hydrogen-bond donors (Lipinski definition) is 1. The molecule has 0 fully saturated rings. The molecule has 7 nitrogen and oxygen atoms in total. The van der Waals surface area contributed by atoms with Crippen LogP contribution in [0.3, 0.4) is 0 Å². The van der Waals surface area contributed by atoms with E-state index in [0.717, 1.165) is 5.56 Å². The molecule has 0 saturated heterocycles. The second-order valence-corrected chi connectivity index (χ2v) is 4.17. The molecule has 1 aliphatic rings. The van der Waals surface area contributed by atoms with Gasteiger partial charge < -0.3 is 14.6 Å². The fraction of sp³-hybridized carbons (Fsp3) is 0.250. The van der Waals surface area contributed by atoms with E-state index in [-0.39, 0.29) is 12.5 Å². The summed E-state index contributed by atoms with van der Waals surface area (Å²) in [6.07, 6.45) is 0. The summed E-state index contributed by atoms with van der Waals surface area (Å²) in [6, 6.07) is 5.56. The first-order chi connectivity index (χ1) is 9.15. The van der Waals surface area contributed by atoms with Gasteiger partial charge in [-0.05, 0) is 24.6 Å². The number of carboxylic acid groups (broad SMARTS) is 1. The molecule has 19 heavy (non-hydrogen) atoms. The van der Waals surface area contributed by atoms with E-state index in [0.29, 0.717) is 23.7 Å². The molecule has 98 valence electrons. The third kappa shape index (κ3) is 1.99. The van der Waals surface area contributed by atoms with Gasteiger partial charge in [0, 0.05) is 0 Å². The number of rotatable bonds is 3. The summed E-state index contributed by atoms with van der Waals surface area (Å²) in [5.74, 6) is 0.327. The minimum Gasteiger partial charge on any atom is -0.476 e. The van der Waals surface area contributed by atoms with Crippen molar-refractivity contribution in [2.45, 2.75) is 13.5 Å². The van der Waals surface area contributed by atoms with Crippen molar-refractivity contribution in [3.8, 4) is 11.5 Å². The van der Waals surface area contributed by atoms with Crippen molar-refractivity contribution in [1.82, 2.24) is 15.0 Å². The van der Waals surface area contributed by atoms with Gasteiger partial charge in [0.05, 0.1) is 12.2 Å². The molecule has 0 radical (unpaired) electrons. The van der Waals surface area contributed by atoms with Gasteiger partial charge in [0.25, 0.3) is 0 Å². The lowest BCUT2D eigenvalue weighted by Crippen LogP contribution is -2.05. The highest BCUT2D eigenvalue weighted by molar-refractivity contribution is 5.86. The maximum atomic E-state index is 10.9. The van der Waals surface area contributed by atoms with Crippen LogP contribution in [-0.2, 0) is 6.54 Å². The Labute approximate surface area is 108 Å². The monoisotopic (exact) mass is 261 g/mol. The van der Waals surface area contributed by atoms with E-state index in [1.54, 1.807) is 11.6 Å². The van der Waals surface area contributed by atoms with Crippen molar-refractivity contribution in [2.75, 3.05) is 6.79 Å². The molecule has 1 N–H and O–H groups in total. The number of benzene rings is 1. The van der Waals surface area contributed by atoms with Crippen LogP contribution in [0, 0.1) is 6.92 Å². The normalized spacial score (nSPS) is 12.7. The zero-order valence-electron chi connectivity index (χ0n) is 10.2. The molecule has 1 aliphatic heterocycles. The number of fused-ring (bicyclic) bond motifs is 1. The van der Waals surface area contributed by atoms with Crippen LogP contribution in [0.1, 0.15) is 21.7 Å². The molecule has 1 aromatic heterocycles. The molecule has 0 spiro atoms. The number of carbonyl (C=O) groups is 1. The van der Waals surface area contributed by atoms with Crippen LogP contribution in [0.25, 0.3) is 0 Å². The van der Waals surface area contributed by atoms with E-state index in [9.17, 15) is 4.79 Å². The molecule has 0 saturated carbocycles. The highest BCUT2D eigenvalue weighted by atomic mass is 16.7. The number of nitrogens with zero attached hydrogens (tertiary/aromatic N) is 3. The van der Waals surface area contributed by atoms with Crippen molar-refractivity contribution < 1.29 is 19.4 Å². The first-order valence-corrected chi connectivity index (χ1v) is 5.67. The van der Waals surface area contributed by atoms with E-state index in [1.807, 2.05) is 18.2 Å². The zero-order chi connectivity index (χ0) is 13.4. The zero-order valence-corrected chi connectivity index (χ0v) is 10.2. The summed E-state index contributed by atoms with van der Waals surface area (Å²) in [6.45, 7) is 2.34. The average Bonchev–Trinajstić information content (AvgIpc) is 2.96. The van der Waals surface area contributed by atoms with E-state index < -0.39 is 5.97 Å². The summed E-state index contributed by atoms with van der Waals surface area (Å²) in [4.78, 5) is 10.9. The minimum absolute atomic E-state index is 0.0271. The standard InChI is InChI=1S/C12H11N3O4/c1-7-11(12(16)17)13-14-15(7)5-8-2-3-9-10(4-8)19-6-18-9/h2-4H,5-6H2,1H3,(H,16,17). The molecule has 0 unspecified atom stereocenters. The Morgan fingerprint density at radius 3 is 2.95 bits per heavy atom. The number of ether oxygens (including phenoxy) is 2.